The Morgan fingerprint density at radius 2 is 2.25 bits per heavy atom. The molecule has 0 radical (unpaired) electrons. The van der Waals surface area contributed by atoms with Crippen molar-refractivity contribution in [2.24, 2.45) is 0 Å². The molecular weight excluding hydrogens is 254 g/mol. The van der Waals surface area contributed by atoms with E-state index in [4.69, 9.17) is 0 Å². The van der Waals surface area contributed by atoms with E-state index in [2.05, 4.69) is 25.6 Å². The third-order valence-corrected chi connectivity index (χ3v) is 2.85. The molecule has 20 heavy (non-hydrogen) atoms. The van der Waals surface area contributed by atoms with Crippen LogP contribution in [0.5, 0.6) is 0 Å². The average Bonchev–Trinajstić information content (AvgIpc) is 2.92. The summed E-state index contributed by atoms with van der Waals surface area (Å²) >= 11 is 0. The van der Waals surface area contributed by atoms with Crippen LogP contribution in [0.4, 0.5) is 5.69 Å². The average molecular weight is 273 g/mol. The normalized spacial score (nSPS) is 10.3. The second kappa shape index (κ2) is 6.70. The molecule has 0 aliphatic heterocycles. The topological polar surface area (TPSA) is 82.7 Å². The van der Waals surface area contributed by atoms with Gasteiger partial charge in [0.1, 0.15) is 5.82 Å². The number of H-pyrrole nitrogens is 1. The highest BCUT2D eigenvalue weighted by Gasteiger charge is 2.11. The van der Waals surface area contributed by atoms with Gasteiger partial charge in [-0.25, -0.2) is 4.98 Å². The molecule has 106 valence electrons. The van der Waals surface area contributed by atoms with Gasteiger partial charge in [-0.05, 0) is 19.9 Å². The summed E-state index contributed by atoms with van der Waals surface area (Å²) in [5, 5.41) is 6.06. The van der Waals surface area contributed by atoms with Gasteiger partial charge in [0.25, 0.3) is 5.91 Å². The number of carbonyl (C=O) groups is 1. The molecule has 6 heteroatoms. The molecule has 0 saturated carbocycles. The number of amides is 1. The molecule has 0 spiro atoms. The number of imidazole rings is 1. The van der Waals surface area contributed by atoms with E-state index in [0.29, 0.717) is 18.5 Å². The molecule has 0 aliphatic carbocycles. The summed E-state index contributed by atoms with van der Waals surface area (Å²) in [6, 6.07) is 1.88. The van der Waals surface area contributed by atoms with E-state index < -0.39 is 0 Å². The lowest BCUT2D eigenvalue weighted by atomic mass is 10.2. The Kier molecular flexibility index (Phi) is 4.70. The van der Waals surface area contributed by atoms with E-state index in [0.717, 1.165) is 23.8 Å². The first kappa shape index (κ1) is 14.0. The number of carbonyl (C=O) groups excluding carboxylic acids is 1. The van der Waals surface area contributed by atoms with Crippen LogP contribution in [-0.2, 0) is 6.42 Å². The second-order valence-corrected chi connectivity index (χ2v) is 4.44. The van der Waals surface area contributed by atoms with Crippen LogP contribution in [0, 0.1) is 6.92 Å². The van der Waals surface area contributed by atoms with Crippen molar-refractivity contribution in [3.8, 4) is 0 Å². The summed E-state index contributed by atoms with van der Waals surface area (Å²) in [4.78, 5) is 23.5. The van der Waals surface area contributed by atoms with Crippen LogP contribution in [0.2, 0.25) is 0 Å². The molecule has 0 atom stereocenters. The fourth-order valence-corrected chi connectivity index (χ4v) is 1.90. The number of hydrogen-bond acceptors (Lipinski definition) is 4. The van der Waals surface area contributed by atoms with Crippen molar-refractivity contribution < 1.29 is 4.79 Å². The molecule has 2 heterocycles. The van der Waals surface area contributed by atoms with Gasteiger partial charge in [-0.2, -0.15) is 0 Å². The smallest absolute Gasteiger partial charge is 0.254 e. The minimum absolute atomic E-state index is 0.125. The van der Waals surface area contributed by atoms with Crippen LogP contribution in [0.15, 0.2) is 24.7 Å². The molecule has 6 nitrogen and oxygen atoms in total. The lowest BCUT2D eigenvalue weighted by Crippen LogP contribution is -2.27. The Bertz CT molecular complexity index is 565. The van der Waals surface area contributed by atoms with Crippen molar-refractivity contribution in [1.29, 1.82) is 0 Å². The molecule has 3 N–H and O–H groups in total. The van der Waals surface area contributed by atoms with Crippen LogP contribution in [0.3, 0.4) is 0 Å². The standard InChI is InChI=1S/C14H19N5O/c1-3-15-12-8-10(2)19-9-11(12)14(20)18-5-4-13-16-6-7-17-13/h6-9H,3-5H2,1-2H3,(H,15,19)(H,16,17)(H,18,20). The van der Waals surface area contributed by atoms with E-state index in [9.17, 15) is 4.79 Å². The number of pyridine rings is 1. The van der Waals surface area contributed by atoms with E-state index in [-0.39, 0.29) is 5.91 Å². The molecule has 2 rings (SSSR count). The maximum atomic E-state index is 12.2. The van der Waals surface area contributed by atoms with Crippen LogP contribution in [-0.4, -0.2) is 33.9 Å². The zero-order chi connectivity index (χ0) is 14.4. The zero-order valence-corrected chi connectivity index (χ0v) is 11.7. The molecule has 0 bridgehead atoms. The molecule has 0 unspecified atom stereocenters. The number of hydrogen-bond donors (Lipinski definition) is 3. The van der Waals surface area contributed by atoms with E-state index >= 15 is 0 Å². The fourth-order valence-electron chi connectivity index (χ4n) is 1.90. The first-order chi connectivity index (χ1) is 9.70. The van der Waals surface area contributed by atoms with Gasteiger partial charge in [-0.1, -0.05) is 0 Å². The Morgan fingerprint density at radius 3 is 2.95 bits per heavy atom. The zero-order valence-electron chi connectivity index (χ0n) is 11.7. The number of nitrogens with one attached hydrogen (secondary N) is 3. The van der Waals surface area contributed by atoms with E-state index in [1.807, 2.05) is 19.9 Å². The van der Waals surface area contributed by atoms with Gasteiger partial charge in [0.2, 0.25) is 0 Å². The minimum atomic E-state index is -0.125. The first-order valence-electron chi connectivity index (χ1n) is 6.67. The predicted octanol–water partition coefficient (Wildman–Crippen LogP) is 1.52. The van der Waals surface area contributed by atoms with Crippen molar-refractivity contribution in [1.82, 2.24) is 20.3 Å². The summed E-state index contributed by atoms with van der Waals surface area (Å²) in [5.41, 5.74) is 2.26. The number of anilines is 1. The van der Waals surface area contributed by atoms with Crippen LogP contribution >= 0.6 is 0 Å². The highest BCUT2D eigenvalue weighted by Crippen LogP contribution is 2.15. The van der Waals surface area contributed by atoms with Gasteiger partial charge in [0.15, 0.2) is 0 Å². The molecule has 2 aromatic heterocycles. The Labute approximate surface area is 118 Å². The summed E-state index contributed by atoms with van der Waals surface area (Å²) < 4.78 is 0. The lowest BCUT2D eigenvalue weighted by molar-refractivity contribution is 0.0954. The van der Waals surface area contributed by atoms with Crippen molar-refractivity contribution in [3.63, 3.8) is 0 Å². The van der Waals surface area contributed by atoms with Crippen molar-refractivity contribution in [3.05, 3.63) is 41.7 Å². The third-order valence-electron chi connectivity index (χ3n) is 2.85. The van der Waals surface area contributed by atoms with Gasteiger partial charge in [-0.3, -0.25) is 9.78 Å². The summed E-state index contributed by atoms with van der Waals surface area (Å²) in [6.07, 6.45) is 5.75. The maximum Gasteiger partial charge on any atom is 0.254 e. The Hall–Kier alpha value is -2.37. The molecule has 2 aromatic rings. The molecule has 0 aromatic carbocycles. The Balaban J connectivity index is 1.97. The van der Waals surface area contributed by atoms with Gasteiger partial charge in [-0.15, -0.1) is 0 Å². The monoisotopic (exact) mass is 273 g/mol. The third kappa shape index (κ3) is 3.57. The first-order valence-corrected chi connectivity index (χ1v) is 6.67. The fraction of sp³-hybridized carbons (Fsp3) is 0.357. The van der Waals surface area contributed by atoms with Crippen molar-refractivity contribution >= 4 is 11.6 Å². The van der Waals surface area contributed by atoms with E-state index in [1.165, 1.54) is 0 Å². The van der Waals surface area contributed by atoms with Gasteiger partial charge in [0.05, 0.1) is 11.3 Å². The van der Waals surface area contributed by atoms with Crippen molar-refractivity contribution in [2.75, 3.05) is 18.4 Å². The number of nitrogens with zero attached hydrogens (tertiary/aromatic N) is 2. The SMILES string of the molecule is CCNc1cc(C)ncc1C(=O)NCCc1ncc[nH]1. The quantitative estimate of drug-likeness (QED) is 0.745. The second-order valence-electron chi connectivity index (χ2n) is 4.44. The summed E-state index contributed by atoms with van der Waals surface area (Å²) in [7, 11) is 0. The van der Waals surface area contributed by atoms with Crippen molar-refractivity contribution in [2.45, 2.75) is 20.3 Å². The van der Waals surface area contributed by atoms with Gasteiger partial charge >= 0.3 is 0 Å². The number of aryl methyl sites for hydroxylation is 1. The molecule has 1 amide bonds. The van der Waals surface area contributed by atoms with Crippen LogP contribution < -0.4 is 10.6 Å². The van der Waals surface area contributed by atoms with E-state index in [1.54, 1.807) is 18.6 Å². The highest BCUT2D eigenvalue weighted by atomic mass is 16.1. The summed E-state index contributed by atoms with van der Waals surface area (Å²) in [5.74, 6) is 0.735. The largest absolute Gasteiger partial charge is 0.385 e. The molecule has 0 aliphatic rings. The Morgan fingerprint density at radius 1 is 1.40 bits per heavy atom. The lowest BCUT2D eigenvalue weighted by Gasteiger charge is -2.11. The van der Waals surface area contributed by atoms with Crippen LogP contribution in [0.1, 0.15) is 28.8 Å². The highest BCUT2D eigenvalue weighted by molar-refractivity contribution is 5.99. The number of aromatic amines is 1. The van der Waals surface area contributed by atoms with Crippen LogP contribution in [0.25, 0.3) is 0 Å². The molecular formula is C14H19N5O. The maximum absolute atomic E-state index is 12.2. The predicted molar refractivity (Wildman–Crippen MR) is 77.8 cm³/mol. The van der Waals surface area contributed by atoms with Gasteiger partial charge in [0, 0.05) is 43.8 Å². The number of rotatable bonds is 6. The molecule has 0 fully saturated rings. The molecule has 0 saturated heterocycles. The number of aromatic nitrogens is 3. The minimum Gasteiger partial charge on any atom is -0.385 e. The van der Waals surface area contributed by atoms with Gasteiger partial charge < -0.3 is 15.6 Å². The summed E-state index contributed by atoms with van der Waals surface area (Å²) in [6.45, 7) is 5.19.